The Morgan fingerprint density at radius 1 is 1.30 bits per heavy atom. The molecule has 7 heteroatoms. The van der Waals surface area contributed by atoms with Gasteiger partial charge in [0.1, 0.15) is 12.1 Å². The van der Waals surface area contributed by atoms with Crippen LogP contribution in [0.25, 0.3) is 10.2 Å². The fraction of sp³-hybridized carbons (Fsp3) is 0.231. The Kier molecular flexibility index (Phi) is 2.53. The minimum absolute atomic E-state index is 0.0591. The van der Waals surface area contributed by atoms with Gasteiger partial charge in [-0.05, 0) is 11.4 Å². The largest absolute Gasteiger partial charge is 0.350 e. The molecule has 0 atom stereocenters. The molecule has 4 rings (SSSR count). The lowest BCUT2D eigenvalue weighted by Crippen LogP contribution is -2.35. The monoisotopic (exact) mass is 285 g/mol. The molecule has 0 bridgehead atoms. The zero-order valence-electron chi connectivity index (χ0n) is 10.5. The predicted molar refractivity (Wildman–Crippen MR) is 77.0 cm³/mol. The second kappa shape index (κ2) is 4.38. The van der Waals surface area contributed by atoms with Gasteiger partial charge in [-0.2, -0.15) is 0 Å². The Hall–Kier alpha value is -2.28. The molecule has 0 saturated carbocycles. The number of fused-ring (bicyclic) bond motifs is 2. The van der Waals surface area contributed by atoms with Gasteiger partial charge in [0.05, 0.1) is 34.3 Å². The molecule has 1 aliphatic heterocycles. The summed E-state index contributed by atoms with van der Waals surface area (Å²) in [6.45, 7) is 1.36. The van der Waals surface area contributed by atoms with Crippen molar-refractivity contribution in [3.63, 3.8) is 0 Å². The summed E-state index contributed by atoms with van der Waals surface area (Å²) in [6, 6.07) is 1.98. The molecule has 0 aromatic carbocycles. The van der Waals surface area contributed by atoms with Crippen LogP contribution in [0.3, 0.4) is 0 Å². The van der Waals surface area contributed by atoms with Gasteiger partial charge < -0.3 is 9.88 Å². The minimum atomic E-state index is -0.0591. The van der Waals surface area contributed by atoms with E-state index in [1.54, 1.807) is 17.7 Å². The lowest BCUT2D eigenvalue weighted by atomic mass is 10.1. The summed E-state index contributed by atoms with van der Waals surface area (Å²) < 4.78 is 1.07. The summed E-state index contributed by atoms with van der Waals surface area (Å²) in [5.74, 6) is 0.902. The van der Waals surface area contributed by atoms with Crippen molar-refractivity contribution < 1.29 is 0 Å². The number of hydrogen-bond donors (Lipinski definition) is 1. The topological polar surface area (TPSA) is 74.8 Å². The van der Waals surface area contributed by atoms with E-state index in [4.69, 9.17) is 0 Å². The van der Waals surface area contributed by atoms with Gasteiger partial charge in [-0.1, -0.05) is 0 Å². The fourth-order valence-corrected chi connectivity index (χ4v) is 3.40. The standard InChI is InChI=1S/C13H11N5OS/c19-13-8-5-18(3-1-9(8)14-7-17-13)12-11-10(2-4-20-11)15-6-16-12/h2,4,6-7H,1,3,5H2,(H,14,17,19). The van der Waals surface area contributed by atoms with Crippen LogP contribution in [0.4, 0.5) is 5.82 Å². The van der Waals surface area contributed by atoms with Gasteiger partial charge in [-0.15, -0.1) is 11.3 Å². The molecule has 0 amide bonds. The van der Waals surface area contributed by atoms with E-state index in [1.807, 2.05) is 11.4 Å². The maximum Gasteiger partial charge on any atom is 0.255 e. The summed E-state index contributed by atoms with van der Waals surface area (Å²) in [5, 5.41) is 2.01. The third-order valence-electron chi connectivity index (χ3n) is 3.53. The first-order chi connectivity index (χ1) is 9.83. The summed E-state index contributed by atoms with van der Waals surface area (Å²) >= 11 is 1.62. The molecule has 0 unspecified atom stereocenters. The Morgan fingerprint density at radius 2 is 2.25 bits per heavy atom. The van der Waals surface area contributed by atoms with Crippen molar-refractivity contribution in [2.24, 2.45) is 0 Å². The Bertz CT molecular complexity index is 840. The Labute approximate surface area is 118 Å². The third-order valence-corrected chi connectivity index (χ3v) is 4.43. The quantitative estimate of drug-likeness (QED) is 0.730. The second-order valence-electron chi connectivity index (χ2n) is 4.66. The van der Waals surface area contributed by atoms with Crippen LogP contribution in [0.5, 0.6) is 0 Å². The van der Waals surface area contributed by atoms with Crippen LogP contribution in [0, 0.1) is 0 Å². The molecule has 0 saturated heterocycles. The van der Waals surface area contributed by atoms with E-state index in [2.05, 4.69) is 24.8 Å². The highest BCUT2D eigenvalue weighted by Crippen LogP contribution is 2.30. The second-order valence-corrected chi connectivity index (χ2v) is 5.58. The molecule has 6 nitrogen and oxygen atoms in total. The van der Waals surface area contributed by atoms with Crippen LogP contribution in [-0.2, 0) is 13.0 Å². The molecule has 0 spiro atoms. The van der Waals surface area contributed by atoms with Crippen molar-refractivity contribution in [2.45, 2.75) is 13.0 Å². The van der Waals surface area contributed by atoms with E-state index in [0.29, 0.717) is 6.54 Å². The van der Waals surface area contributed by atoms with Gasteiger partial charge in [0.2, 0.25) is 0 Å². The summed E-state index contributed by atoms with van der Waals surface area (Å²) in [4.78, 5) is 29.6. The molecule has 0 aliphatic carbocycles. The van der Waals surface area contributed by atoms with Crippen molar-refractivity contribution in [2.75, 3.05) is 11.4 Å². The van der Waals surface area contributed by atoms with Crippen LogP contribution in [-0.4, -0.2) is 26.5 Å². The SMILES string of the molecule is O=c1[nH]cnc2c1CN(c1ncnc3ccsc13)CC2. The Morgan fingerprint density at radius 3 is 3.20 bits per heavy atom. The maximum absolute atomic E-state index is 11.9. The zero-order chi connectivity index (χ0) is 13.5. The van der Waals surface area contributed by atoms with Crippen LogP contribution >= 0.6 is 11.3 Å². The van der Waals surface area contributed by atoms with E-state index in [0.717, 1.165) is 40.3 Å². The lowest BCUT2D eigenvalue weighted by Gasteiger charge is -2.28. The lowest BCUT2D eigenvalue weighted by molar-refractivity contribution is 0.691. The number of aromatic nitrogens is 4. The van der Waals surface area contributed by atoms with Crippen LogP contribution in [0.1, 0.15) is 11.3 Å². The van der Waals surface area contributed by atoms with Crippen molar-refractivity contribution in [1.82, 2.24) is 19.9 Å². The van der Waals surface area contributed by atoms with Gasteiger partial charge in [0, 0.05) is 13.0 Å². The highest BCUT2D eigenvalue weighted by Gasteiger charge is 2.22. The number of anilines is 1. The molecule has 3 aromatic rings. The smallest absolute Gasteiger partial charge is 0.255 e. The molecular formula is C13H11N5OS. The highest BCUT2D eigenvalue weighted by atomic mass is 32.1. The molecule has 100 valence electrons. The van der Waals surface area contributed by atoms with Crippen LogP contribution in [0.2, 0.25) is 0 Å². The van der Waals surface area contributed by atoms with Crippen molar-refractivity contribution in [1.29, 1.82) is 0 Å². The van der Waals surface area contributed by atoms with E-state index in [-0.39, 0.29) is 5.56 Å². The number of rotatable bonds is 1. The molecule has 1 N–H and O–H groups in total. The summed E-state index contributed by atoms with van der Waals surface area (Å²) in [7, 11) is 0. The number of H-pyrrole nitrogens is 1. The van der Waals surface area contributed by atoms with E-state index >= 15 is 0 Å². The van der Waals surface area contributed by atoms with Gasteiger partial charge in [0.25, 0.3) is 5.56 Å². The van der Waals surface area contributed by atoms with E-state index < -0.39 is 0 Å². The molecular weight excluding hydrogens is 274 g/mol. The number of aromatic amines is 1. The predicted octanol–water partition coefficient (Wildman–Crippen LogP) is 1.34. The molecule has 0 radical (unpaired) electrons. The average molecular weight is 285 g/mol. The van der Waals surface area contributed by atoms with Crippen molar-refractivity contribution in [3.05, 3.63) is 45.7 Å². The van der Waals surface area contributed by atoms with E-state index in [1.165, 1.54) is 6.33 Å². The minimum Gasteiger partial charge on any atom is -0.350 e. The van der Waals surface area contributed by atoms with Crippen LogP contribution < -0.4 is 10.5 Å². The Balaban J connectivity index is 1.80. The molecule has 0 fully saturated rings. The van der Waals surface area contributed by atoms with E-state index in [9.17, 15) is 4.79 Å². The number of hydrogen-bond acceptors (Lipinski definition) is 6. The average Bonchev–Trinajstić information content (AvgIpc) is 2.96. The van der Waals surface area contributed by atoms with Gasteiger partial charge >= 0.3 is 0 Å². The molecule has 1 aliphatic rings. The third kappa shape index (κ3) is 1.70. The van der Waals surface area contributed by atoms with Crippen molar-refractivity contribution in [3.8, 4) is 0 Å². The van der Waals surface area contributed by atoms with Crippen LogP contribution in [0.15, 0.2) is 28.9 Å². The normalized spacial score (nSPS) is 14.5. The fourth-order valence-electron chi connectivity index (χ4n) is 2.54. The first-order valence-electron chi connectivity index (χ1n) is 6.31. The maximum atomic E-state index is 11.9. The number of nitrogens with one attached hydrogen (secondary N) is 1. The highest BCUT2D eigenvalue weighted by molar-refractivity contribution is 7.17. The van der Waals surface area contributed by atoms with Gasteiger partial charge in [0.15, 0.2) is 0 Å². The molecule has 3 aromatic heterocycles. The summed E-state index contributed by atoms with van der Waals surface area (Å²) in [6.07, 6.45) is 3.81. The van der Waals surface area contributed by atoms with Gasteiger partial charge in [-0.3, -0.25) is 4.79 Å². The van der Waals surface area contributed by atoms with Crippen molar-refractivity contribution >= 4 is 27.4 Å². The zero-order valence-corrected chi connectivity index (χ0v) is 11.4. The first-order valence-corrected chi connectivity index (χ1v) is 7.19. The number of nitrogens with zero attached hydrogens (tertiary/aromatic N) is 4. The molecule has 20 heavy (non-hydrogen) atoms. The molecule has 4 heterocycles. The van der Waals surface area contributed by atoms with Gasteiger partial charge in [-0.25, -0.2) is 15.0 Å². The number of thiophene rings is 1. The first kappa shape index (κ1) is 11.5. The summed E-state index contributed by atoms with van der Waals surface area (Å²) in [5.41, 5.74) is 2.52.